The molecule has 0 heterocycles. The fourth-order valence-electron chi connectivity index (χ4n) is 0.715. The molecule has 0 saturated heterocycles. The first-order valence-corrected chi connectivity index (χ1v) is 3.62. The third kappa shape index (κ3) is 2.83. The second-order valence-electron chi connectivity index (χ2n) is 2.77. The lowest BCUT2D eigenvalue weighted by Gasteiger charge is -2.05. The van der Waals surface area contributed by atoms with Crippen molar-refractivity contribution < 1.29 is 0 Å². The van der Waals surface area contributed by atoms with E-state index in [9.17, 15) is 0 Å². The van der Waals surface area contributed by atoms with E-state index in [0.29, 0.717) is 6.54 Å². The zero-order chi connectivity index (χ0) is 8.15. The molecule has 0 aliphatic rings. The van der Waals surface area contributed by atoms with Gasteiger partial charge in [0, 0.05) is 0 Å². The Morgan fingerprint density at radius 1 is 1.30 bits per heavy atom. The van der Waals surface area contributed by atoms with Crippen molar-refractivity contribution in [1.29, 1.82) is 0 Å². The summed E-state index contributed by atoms with van der Waals surface area (Å²) in [6.07, 6.45) is 0.914. The van der Waals surface area contributed by atoms with Gasteiger partial charge in [0.2, 0.25) is 0 Å². The standard InChI is InChI=1S/C9H17N/c1-7(2)9(4)8(3)5-6-10/h3,5-6,10H2,1-2,4H3. The lowest BCUT2D eigenvalue weighted by atomic mass is 10.0. The molecule has 0 rings (SSSR count). The van der Waals surface area contributed by atoms with Gasteiger partial charge in [-0.05, 0) is 39.3 Å². The maximum Gasteiger partial charge on any atom is -0.00368 e. The molecule has 0 amide bonds. The highest BCUT2D eigenvalue weighted by atomic mass is 14.5. The predicted molar refractivity (Wildman–Crippen MR) is 46.9 cm³/mol. The third-order valence-electron chi connectivity index (χ3n) is 1.73. The van der Waals surface area contributed by atoms with Crippen molar-refractivity contribution in [3.63, 3.8) is 0 Å². The topological polar surface area (TPSA) is 26.0 Å². The van der Waals surface area contributed by atoms with E-state index in [1.54, 1.807) is 0 Å². The van der Waals surface area contributed by atoms with Crippen LogP contribution in [-0.4, -0.2) is 6.54 Å². The Morgan fingerprint density at radius 3 is 2.10 bits per heavy atom. The Morgan fingerprint density at radius 2 is 1.80 bits per heavy atom. The van der Waals surface area contributed by atoms with Crippen molar-refractivity contribution in [1.82, 2.24) is 0 Å². The Balaban J connectivity index is 4.09. The summed E-state index contributed by atoms with van der Waals surface area (Å²) < 4.78 is 0. The minimum absolute atomic E-state index is 0.698. The van der Waals surface area contributed by atoms with Crippen LogP contribution in [0.5, 0.6) is 0 Å². The summed E-state index contributed by atoms with van der Waals surface area (Å²) in [6, 6.07) is 0. The Kier molecular flexibility index (Phi) is 4.05. The number of nitrogens with two attached hydrogens (primary N) is 1. The highest BCUT2D eigenvalue weighted by Crippen LogP contribution is 2.13. The average Bonchev–Trinajstić information content (AvgIpc) is 1.87. The largest absolute Gasteiger partial charge is 0.330 e. The smallest absolute Gasteiger partial charge is 0.00368 e. The van der Waals surface area contributed by atoms with Crippen LogP contribution >= 0.6 is 0 Å². The van der Waals surface area contributed by atoms with Gasteiger partial charge in [-0.2, -0.15) is 0 Å². The van der Waals surface area contributed by atoms with Crippen LogP contribution in [0.1, 0.15) is 27.2 Å². The molecule has 10 heavy (non-hydrogen) atoms. The maximum atomic E-state index is 5.38. The molecule has 58 valence electrons. The van der Waals surface area contributed by atoms with Gasteiger partial charge in [-0.15, -0.1) is 0 Å². The molecule has 0 fully saturated rings. The molecule has 0 aromatic rings. The molecule has 0 aromatic heterocycles. The molecule has 0 unspecified atom stereocenters. The van der Waals surface area contributed by atoms with Crippen LogP contribution in [-0.2, 0) is 0 Å². The molecule has 1 nitrogen and oxygen atoms in total. The Bertz CT molecular complexity index is 150. The van der Waals surface area contributed by atoms with Crippen LogP contribution in [0.2, 0.25) is 0 Å². The molecule has 0 spiro atoms. The molecule has 0 aromatic carbocycles. The van der Waals surface area contributed by atoms with Crippen molar-refractivity contribution in [2.75, 3.05) is 6.54 Å². The normalized spacial score (nSPS) is 9.20. The Labute approximate surface area is 63.6 Å². The molecule has 0 radical (unpaired) electrons. The molecule has 0 aliphatic carbocycles. The summed E-state index contributed by atoms with van der Waals surface area (Å²) in [5.41, 5.74) is 9.18. The van der Waals surface area contributed by atoms with E-state index in [1.165, 1.54) is 16.7 Å². The van der Waals surface area contributed by atoms with E-state index in [0.717, 1.165) is 6.42 Å². The summed E-state index contributed by atoms with van der Waals surface area (Å²) in [7, 11) is 0. The van der Waals surface area contributed by atoms with Crippen LogP contribution in [0, 0.1) is 0 Å². The molecular formula is C9H17N. The number of hydrogen-bond acceptors (Lipinski definition) is 1. The van der Waals surface area contributed by atoms with E-state index in [1.807, 2.05) is 0 Å². The highest BCUT2D eigenvalue weighted by molar-refractivity contribution is 5.29. The maximum absolute atomic E-state index is 5.38. The minimum atomic E-state index is 0.698. The molecular weight excluding hydrogens is 122 g/mol. The number of rotatable bonds is 3. The molecule has 0 bridgehead atoms. The molecule has 1 heteroatoms. The van der Waals surface area contributed by atoms with E-state index in [4.69, 9.17) is 5.73 Å². The van der Waals surface area contributed by atoms with Crippen molar-refractivity contribution >= 4 is 0 Å². The van der Waals surface area contributed by atoms with Gasteiger partial charge < -0.3 is 5.73 Å². The first-order chi connectivity index (χ1) is 4.59. The van der Waals surface area contributed by atoms with E-state index in [2.05, 4.69) is 27.4 Å². The summed E-state index contributed by atoms with van der Waals surface area (Å²) >= 11 is 0. The number of hydrogen-bond donors (Lipinski definition) is 1. The fourth-order valence-corrected chi connectivity index (χ4v) is 0.715. The second kappa shape index (κ2) is 4.29. The van der Waals surface area contributed by atoms with E-state index in [-0.39, 0.29) is 0 Å². The average molecular weight is 139 g/mol. The van der Waals surface area contributed by atoms with Crippen LogP contribution in [0.15, 0.2) is 23.3 Å². The van der Waals surface area contributed by atoms with Gasteiger partial charge in [0.05, 0.1) is 0 Å². The van der Waals surface area contributed by atoms with Gasteiger partial charge >= 0.3 is 0 Å². The summed E-state index contributed by atoms with van der Waals surface area (Å²) in [5.74, 6) is 0. The predicted octanol–water partition coefficient (Wildman–Crippen LogP) is 2.25. The fraction of sp³-hybridized carbons (Fsp3) is 0.556. The van der Waals surface area contributed by atoms with Crippen LogP contribution in [0.3, 0.4) is 0 Å². The monoisotopic (exact) mass is 139 g/mol. The summed E-state index contributed by atoms with van der Waals surface area (Å²) in [5, 5.41) is 0. The lowest BCUT2D eigenvalue weighted by Crippen LogP contribution is -2.00. The lowest BCUT2D eigenvalue weighted by molar-refractivity contribution is 0.954. The van der Waals surface area contributed by atoms with Crippen LogP contribution < -0.4 is 5.73 Å². The van der Waals surface area contributed by atoms with E-state index < -0.39 is 0 Å². The molecule has 0 aliphatic heterocycles. The van der Waals surface area contributed by atoms with Crippen LogP contribution in [0.4, 0.5) is 0 Å². The first kappa shape index (κ1) is 9.44. The van der Waals surface area contributed by atoms with Gasteiger partial charge in [0.25, 0.3) is 0 Å². The van der Waals surface area contributed by atoms with Crippen molar-refractivity contribution in [3.05, 3.63) is 23.3 Å². The zero-order valence-corrected chi connectivity index (χ0v) is 7.20. The van der Waals surface area contributed by atoms with Crippen LogP contribution in [0.25, 0.3) is 0 Å². The quantitative estimate of drug-likeness (QED) is 0.596. The van der Waals surface area contributed by atoms with E-state index >= 15 is 0 Å². The third-order valence-corrected chi connectivity index (χ3v) is 1.73. The summed E-state index contributed by atoms with van der Waals surface area (Å²) in [6.45, 7) is 10.9. The SMILES string of the molecule is C=C(CCN)C(C)=C(C)C. The summed E-state index contributed by atoms with van der Waals surface area (Å²) in [4.78, 5) is 0. The highest BCUT2D eigenvalue weighted by Gasteiger charge is 1.96. The number of allylic oxidation sites excluding steroid dienone is 2. The molecule has 2 N–H and O–H groups in total. The van der Waals surface area contributed by atoms with Crippen molar-refractivity contribution in [2.45, 2.75) is 27.2 Å². The van der Waals surface area contributed by atoms with Gasteiger partial charge in [-0.1, -0.05) is 17.7 Å². The van der Waals surface area contributed by atoms with Crippen molar-refractivity contribution in [3.8, 4) is 0 Å². The molecule has 0 atom stereocenters. The second-order valence-corrected chi connectivity index (χ2v) is 2.77. The minimum Gasteiger partial charge on any atom is -0.330 e. The zero-order valence-electron chi connectivity index (χ0n) is 7.20. The van der Waals surface area contributed by atoms with Gasteiger partial charge in [0.15, 0.2) is 0 Å². The van der Waals surface area contributed by atoms with Gasteiger partial charge in [-0.25, -0.2) is 0 Å². The van der Waals surface area contributed by atoms with Gasteiger partial charge in [-0.3, -0.25) is 0 Å². The van der Waals surface area contributed by atoms with Gasteiger partial charge in [0.1, 0.15) is 0 Å². The first-order valence-electron chi connectivity index (χ1n) is 3.62. The Hall–Kier alpha value is -0.560. The molecule has 0 saturated carbocycles. The van der Waals surface area contributed by atoms with Crippen molar-refractivity contribution in [2.24, 2.45) is 5.73 Å².